The summed E-state index contributed by atoms with van der Waals surface area (Å²) in [6.07, 6.45) is 1.25. The van der Waals surface area contributed by atoms with Gasteiger partial charge in [0.05, 0.1) is 19.6 Å². The summed E-state index contributed by atoms with van der Waals surface area (Å²) < 4.78 is 23.6. The molecular weight excluding hydrogens is 346 g/mol. The predicted molar refractivity (Wildman–Crippen MR) is 77.8 cm³/mol. The molecule has 1 unspecified atom stereocenters. The first-order valence-corrected chi connectivity index (χ1v) is 8.80. The summed E-state index contributed by atoms with van der Waals surface area (Å²) in [6, 6.07) is 1.51. The summed E-state index contributed by atoms with van der Waals surface area (Å²) in [5.41, 5.74) is 0. The quantitative estimate of drug-likeness (QED) is 0.896. The van der Waals surface area contributed by atoms with E-state index in [9.17, 15) is 8.42 Å². The Balaban J connectivity index is 3.25. The Morgan fingerprint density at radius 1 is 1.53 bits per heavy atom. The lowest BCUT2D eigenvalue weighted by Crippen LogP contribution is -2.43. The lowest BCUT2D eigenvalue weighted by atomic mass is 10.0. The molecular formula is C10H15BrClNO2S2. The monoisotopic (exact) mass is 359 g/mol. The van der Waals surface area contributed by atoms with Crippen molar-refractivity contribution in [3.05, 3.63) is 19.8 Å². The highest BCUT2D eigenvalue weighted by Crippen LogP contribution is 2.40. The fourth-order valence-corrected chi connectivity index (χ4v) is 4.34. The molecule has 0 aliphatic carbocycles. The van der Waals surface area contributed by atoms with Crippen LogP contribution in [0.4, 0.5) is 0 Å². The highest BCUT2D eigenvalue weighted by Gasteiger charge is 2.40. The average Bonchev–Trinajstić information content (AvgIpc) is 2.45. The normalized spacial score (nSPS) is 14.9. The minimum Gasteiger partial charge on any atom is -0.311 e. The molecule has 1 rings (SSSR count). The number of hydrogen-bond donors (Lipinski definition) is 1. The molecule has 1 aromatic heterocycles. The molecule has 1 atom stereocenters. The second kappa shape index (κ2) is 5.17. The molecule has 1 heterocycles. The molecule has 17 heavy (non-hydrogen) atoms. The molecule has 0 fully saturated rings. The van der Waals surface area contributed by atoms with Gasteiger partial charge in [-0.2, -0.15) is 0 Å². The Kier molecular flexibility index (Phi) is 4.69. The predicted octanol–water partition coefficient (Wildman–Crippen LogP) is 3.25. The van der Waals surface area contributed by atoms with E-state index in [0.29, 0.717) is 5.02 Å². The third kappa shape index (κ3) is 3.04. The van der Waals surface area contributed by atoms with E-state index in [4.69, 9.17) is 11.6 Å². The van der Waals surface area contributed by atoms with Gasteiger partial charge in [0.2, 0.25) is 0 Å². The number of halogens is 2. The van der Waals surface area contributed by atoms with Gasteiger partial charge in [-0.15, -0.1) is 11.3 Å². The van der Waals surface area contributed by atoms with Gasteiger partial charge in [-0.05, 0) is 42.9 Å². The molecule has 0 amide bonds. The van der Waals surface area contributed by atoms with Crippen LogP contribution in [0.25, 0.3) is 0 Å². The molecule has 0 saturated carbocycles. The third-order valence-corrected chi connectivity index (χ3v) is 7.57. The maximum absolute atomic E-state index is 11.8. The zero-order valence-corrected chi connectivity index (χ0v) is 14.0. The number of hydrogen-bond acceptors (Lipinski definition) is 4. The van der Waals surface area contributed by atoms with Crippen molar-refractivity contribution < 1.29 is 8.42 Å². The number of thiophene rings is 1. The van der Waals surface area contributed by atoms with Crippen LogP contribution in [0.1, 0.15) is 24.8 Å². The second-order valence-corrected chi connectivity index (χ2v) is 9.77. The van der Waals surface area contributed by atoms with Gasteiger partial charge in [-0.1, -0.05) is 11.6 Å². The van der Waals surface area contributed by atoms with Crippen LogP contribution in [0.3, 0.4) is 0 Å². The number of rotatable bonds is 4. The van der Waals surface area contributed by atoms with E-state index in [1.165, 1.54) is 17.6 Å². The zero-order valence-electron chi connectivity index (χ0n) is 10.0. The summed E-state index contributed by atoms with van der Waals surface area (Å²) >= 11 is 10.8. The molecule has 98 valence electrons. The summed E-state index contributed by atoms with van der Waals surface area (Å²) in [5, 5.41) is 3.66. The van der Waals surface area contributed by atoms with Gasteiger partial charge in [0.15, 0.2) is 9.84 Å². The van der Waals surface area contributed by atoms with Crippen molar-refractivity contribution in [3.63, 3.8) is 0 Å². The molecule has 7 heteroatoms. The van der Waals surface area contributed by atoms with E-state index in [-0.39, 0.29) is 6.04 Å². The van der Waals surface area contributed by atoms with Crippen molar-refractivity contribution in [2.45, 2.75) is 24.6 Å². The van der Waals surface area contributed by atoms with Crippen molar-refractivity contribution in [1.29, 1.82) is 0 Å². The van der Waals surface area contributed by atoms with Crippen LogP contribution < -0.4 is 5.32 Å². The SMILES string of the molecule is CNC(c1cc(Cl)c(Br)s1)C(C)(C)S(C)(=O)=O. The summed E-state index contributed by atoms with van der Waals surface area (Å²) in [5.74, 6) is 0. The Morgan fingerprint density at radius 3 is 2.35 bits per heavy atom. The van der Waals surface area contributed by atoms with Gasteiger partial charge >= 0.3 is 0 Å². The van der Waals surface area contributed by atoms with Crippen molar-refractivity contribution in [2.75, 3.05) is 13.3 Å². The van der Waals surface area contributed by atoms with E-state index in [1.807, 2.05) is 0 Å². The number of nitrogens with one attached hydrogen (secondary N) is 1. The summed E-state index contributed by atoms with van der Waals surface area (Å²) in [6.45, 7) is 3.43. The fraction of sp³-hybridized carbons (Fsp3) is 0.600. The first kappa shape index (κ1) is 15.4. The molecule has 0 aliphatic heterocycles. The molecule has 3 nitrogen and oxygen atoms in total. The van der Waals surface area contributed by atoms with Gasteiger partial charge < -0.3 is 5.32 Å². The van der Waals surface area contributed by atoms with Crippen molar-refractivity contribution in [3.8, 4) is 0 Å². The minimum absolute atomic E-state index is 0.286. The molecule has 0 aromatic carbocycles. The van der Waals surface area contributed by atoms with E-state index in [0.717, 1.165) is 8.66 Å². The largest absolute Gasteiger partial charge is 0.311 e. The van der Waals surface area contributed by atoms with Crippen LogP contribution in [0.2, 0.25) is 5.02 Å². The van der Waals surface area contributed by atoms with Crippen LogP contribution in [-0.4, -0.2) is 26.5 Å². The Labute approximate surface area is 120 Å². The van der Waals surface area contributed by atoms with Crippen LogP contribution in [0, 0.1) is 0 Å². The molecule has 0 saturated heterocycles. The van der Waals surface area contributed by atoms with Crippen molar-refractivity contribution in [1.82, 2.24) is 5.32 Å². The summed E-state index contributed by atoms with van der Waals surface area (Å²) in [4.78, 5) is 0.903. The van der Waals surface area contributed by atoms with Gasteiger partial charge in [0.25, 0.3) is 0 Å². The third-order valence-electron chi connectivity index (χ3n) is 2.89. The van der Waals surface area contributed by atoms with Crippen LogP contribution in [-0.2, 0) is 9.84 Å². The molecule has 0 spiro atoms. The van der Waals surface area contributed by atoms with E-state index in [1.54, 1.807) is 27.0 Å². The lowest BCUT2D eigenvalue weighted by Gasteiger charge is -2.31. The topological polar surface area (TPSA) is 46.2 Å². The molecule has 0 aliphatic rings. The zero-order chi connectivity index (χ0) is 13.4. The number of sulfone groups is 1. The van der Waals surface area contributed by atoms with Gasteiger partial charge in [-0.3, -0.25) is 0 Å². The van der Waals surface area contributed by atoms with Crippen LogP contribution in [0.15, 0.2) is 9.85 Å². The lowest BCUT2D eigenvalue weighted by molar-refractivity contribution is 0.451. The molecule has 0 bridgehead atoms. The maximum atomic E-state index is 11.8. The smallest absolute Gasteiger partial charge is 0.154 e. The Hall–Kier alpha value is 0.380. The van der Waals surface area contributed by atoms with Crippen LogP contribution >= 0.6 is 38.9 Å². The first-order valence-electron chi connectivity index (χ1n) is 4.93. The summed E-state index contributed by atoms with van der Waals surface area (Å²) in [7, 11) is -1.43. The fourth-order valence-electron chi connectivity index (χ4n) is 1.55. The second-order valence-electron chi connectivity index (χ2n) is 4.37. The molecule has 1 N–H and O–H groups in total. The van der Waals surface area contributed by atoms with Gasteiger partial charge in [0.1, 0.15) is 0 Å². The van der Waals surface area contributed by atoms with Gasteiger partial charge in [-0.25, -0.2) is 8.42 Å². The van der Waals surface area contributed by atoms with Crippen molar-refractivity contribution >= 4 is 48.7 Å². The van der Waals surface area contributed by atoms with E-state index in [2.05, 4.69) is 21.2 Å². The molecule has 0 radical (unpaired) electrons. The minimum atomic E-state index is -3.18. The van der Waals surface area contributed by atoms with Crippen LogP contribution in [0.5, 0.6) is 0 Å². The standard InChI is InChI=1S/C10H15BrClNO2S2/c1-10(2,17(4,14)15)8(13-3)7-5-6(12)9(11)16-7/h5,8,13H,1-4H3. The van der Waals surface area contributed by atoms with Gasteiger partial charge in [0, 0.05) is 11.1 Å². The average molecular weight is 361 g/mol. The Morgan fingerprint density at radius 2 is 2.06 bits per heavy atom. The Bertz CT molecular complexity index is 491. The highest BCUT2D eigenvalue weighted by atomic mass is 79.9. The van der Waals surface area contributed by atoms with E-state index < -0.39 is 14.6 Å². The highest BCUT2D eigenvalue weighted by molar-refractivity contribution is 9.11. The molecule has 1 aromatic rings. The first-order chi connectivity index (χ1) is 7.61. The van der Waals surface area contributed by atoms with Crippen molar-refractivity contribution in [2.24, 2.45) is 0 Å². The maximum Gasteiger partial charge on any atom is 0.154 e. The van der Waals surface area contributed by atoms with E-state index >= 15 is 0 Å².